The van der Waals surface area contributed by atoms with Crippen molar-refractivity contribution in [1.29, 1.82) is 0 Å². The lowest BCUT2D eigenvalue weighted by Gasteiger charge is -2.29. The number of carboxylic acids is 1. The van der Waals surface area contributed by atoms with Gasteiger partial charge >= 0.3 is 5.97 Å². The summed E-state index contributed by atoms with van der Waals surface area (Å²) in [7, 11) is 0. The molecule has 1 aliphatic heterocycles. The Balaban J connectivity index is 2.82. The molecule has 0 aromatic carbocycles. The van der Waals surface area contributed by atoms with Crippen LogP contribution < -0.4 is 16.4 Å². The largest absolute Gasteiger partial charge is 0.480 e. The molecule has 0 saturated carbocycles. The van der Waals surface area contributed by atoms with E-state index in [4.69, 9.17) is 5.73 Å². The Morgan fingerprint density at radius 2 is 1.71 bits per heavy atom. The van der Waals surface area contributed by atoms with E-state index >= 15 is 0 Å². The van der Waals surface area contributed by atoms with E-state index in [1.807, 2.05) is 13.8 Å². The predicted molar refractivity (Wildman–Crippen MR) is 101 cm³/mol. The van der Waals surface area contributed by atoms with Gasteiger partial charge in [0.1, 0.15) is 24.2 Å². The van der Waals surface area contributed by atoms with Crippen LogP contribution in [0.1, 0.15) is 47.0 Å². The molecule has 10 heteroatoms. The fraction of sp³-hybridized carbons (Fsp3) is 0.778. The van der Waals surface area contributed by atoms with Crippen molar-refractivity contribution in [2.24, 2.45) is 11.7 Å². The number of aliphatic hydroxyl groups is 1. The van der Waals surface area contributed by atoms with Crippen molar-refractivity contribution in [3.8, 4) is 0 Å². The molecule has 0 aromatic heterocycles. The van der Waals surface area contributed by atoms with E-state index in [0.717, 1.165) is 0 Å². The standard InChI is InChI=1S/C18H32N4O6/c1-9(2)8-12(17(26)22-7-5-6-13(22)18(27)28)21-15(24)10(3)20-16(25)14(19)11(4)23/h9-14,23H,5-8,19H2,1-4H3,(H,20,25)(H,21,24)(H,27,28). The molecule has 1 saturated heterocycles. The number of nitrogens with one attached hydrogen (secondary N) is 2. The number of amides is 3. The van der Waals surface area contributed by atoms with Gasteiger partial charge in [-0.1, -0.05) is 13.8 Å². The molecule has 0 aromatic rings. The second-order valence-corrected chi connectivity index (χ2v) is 7.72. The highest BCUT2D eigenvalue weighted by atomic mass is 16.4. The molecular weight excluding hydrogens is 368 g/mol. The number of nitrogens with two attached hydrogens (primary N) is 1. The van der Waals surface area contributed by atoms with Gasteiger partial charge in [0.15, 0.2) is 0 Å². The zero-order valence-corrected chi connectivity index (χ0v) is 16.8. The van der Waals surface area contributed by atoms with E-state index in [0.29, 0.717) is 25.8 Å². The van der Waals surface area contributed by atoms with Gasteiger partial charge in [-0.3, -0.25) is 14.4 Å². The lowest BCUT2D eigenvalue weighted by Crippen LogP contribution is -2.57. The van der Waals surface area contributed by atoms with Crippen molar-refractivity contribution < 1.29 is 29.4 Å². The Bertz CT molecular complexity index is 595. The van der Waals surface area contributed by atoms with E-state index in [9.17, 15) is 29.4 Å². The molecule has 1 fully saturated rings. The van der Waals surface area contributed by atoms with Crippen molar-refractivity contribution in [2.75, 3.05) is 6.54 Å². The zero-order chi connectivity index (χ0) is 21.6. The molecule has 1 aliphatic rings. The van der Waals surface area contributed by atoms with Crippen LogP contribution in [0.2, 0.25) is 0 Å². The Hall–Kier alpha value is -2.20. The molecular formula is C18H32N4O6. The van der Waals surface area contributed by atoms with Crippen molar-refractivity contribution in [1.82, 2.24) is 15.5 Å². The van der Waals surface area contributed by atoms with E-state index in [1.54, 1.807) is 0 Å². The summed E-state index contributed by atoms with van der Waals surface area (Å²) in [6.45, 7) is 6.90. The first-order valence-corrected chi connectivity index (χ1v) is 9.53. The minimum absolute atomic E-state index is 0.0775. The summed E-state index contributed by atoms with van der Waals surface area (Å²) in [4.78, 5) is 49.9. The number of aliphatic carboxylic acids is 1. The van der Waals surface area contributed by atoms with Crippen molar-refractivity contribution >= 4 is 23.7 Å². The number of carbonyl (C=O) groups is 4. The number of hydrogen-bond donors (Lipinski definition) is 5. The minimum Gasteiger partial charge on any atom is -0.480 e. The Labute approximate surface area is 164 Å². The van der Waals surface area contributed by atoms with Crippen LogP contribution in [-0.4, -0.2) is 75.6 Å². The summed E-state index contributed by atoms with van der Waals surface area (Å²) in [6.07, 6.45) is 0.233. The van der Waals surface area contributed by atoms with E-state index in [2.05, 4.69) is 10.6 Å². The van der Waals surface area contributed by atoms with Crippen LogP contribution in [0.15, 0.2) is 0 Å². The molecule has 0 radical (unpaired) electrons. The molecule has 28 heavy (non-hydrogen) atoms. The van der Waals surface area contributed by atoms with Gasteiger partial charge in [0, 0.05) is 6.54 Å². The summed E-state index contributed by atoms with van der Waals surface area (Å²) < 4.78 is 0. The smallest absolute Gasteiger partial charge is 0.326 e. The molecule has 3 amide bonds. The molecule has 1 heterocycles. The van der Waals surface area contributed by atoms with Gasteiger partial charge in [0.05, 0.1) is 6.10 Å². The third-order valence-corrected chi connectivity index (χ3v) is 4.72. The molecule has 0 bridgehead atoms. The average Bonchev–Trinajstić information content (AvgIpc) is 3.08. The number of carbonyl (C=O) groups excluding carboxylic acids is 3. The maximum Gasteiger partial charge on any atom is 0.326 e. The fourth-order valence-electron chi connectivity index (χ4n) is 3.07. The lowest BCUT2D eigenvalue weighted by atomic mass is 10.0. The fourth-order valence-corrected chi connectivity index (χ4v) is 3.07. The number of hydrogen-bond acceptors (Lipinski definition) is 6. The normalized spacial score (nSPS) is 21.0. The first kappa shape index (κ1) is 23.8. The second-order valence-electron chi connectivity index (χ2n) is 7.72. The third kappa shape index (κ3) is 6.45. The number of carboxylic acid groups (broad SMARTS) is 1. The van der Waals surface area contributed by atoms with E-state index in [1.165, 1.54) is 18.7 Å². The molecule has 0 spiro atoms. The summed E-state index contributed by atoms with van der Waals surface area (Å²) in [5, 5.41) is 23.7. The summed E-state index contributed by atoms with van der Waals surface area (Å²) in [6, 6.07) is -3.93. The first-order valence-electron chi connectivity index (χ1n) is 9.53. The maximum absolute atomic E-state index is 12.9. The minimum atomic E-state index is -1.18. The molecule has 5 atom stereocenters. The molecule has 6 N–H and O–H groups in total. The average molecular weight is 400 g/mol. The van der Waals surface area contributed by atoms with Crippen molar-refractivity contribution in [3.05, 3.63) is 0 Å². The summed E-state index contributed by atoms with van der Waals surface area (Å²) in [5.41, 5.74) is 5.54. The van der Waals surface area contributed by atoms with Crippen LogP contribution in [0.3, 0.4) is 0 Å². The van der Waals surface area contributed by atoms with Gasteiger partial charge in [-0.25, -0.2) is 4.79 Å². The molecule has 10 nitrogen and oxygen atoms in total. The Kier molecular flexibility index (Phi) is 8.83. The molecule has 160 valence electrons. The Morgan fingerprint density at radius 3 is 2.21 bits per heavy atom. The monoisotopic (exact) mass is 400 g/mol. The summed E-state index contributed by atoms with van der Waals surface area (Å²) in [5.74, 6) is -2.70. The number of rotatable bonds is 9. The van der Waals surface area contributed by atoms with Gasteiger partial charge in [0.2, 0.25) is 17.7 Å². The number of nitrogens with zero attached hydrogens (tertiary/aromatic N) is 1. The van der Waals surface area contributed by atoms with Gasteiger partial charge in [-0.2, -0.15) is 0 Å². The van der Waals surface area contributed by atoms with Crippen LogP contribution in [0.25, 0.3) is 0 Å². The number of aliphatic hydroxyl groups excluding tert-OH is 1. The van der Waals surface area contributed by atoms with Crippen molar-refractivity contribution in [3.63, 3.8) is 0 Å². The highest BCUT2D eigenvalue weighted by Gasteiger charge is 2.38. The van der Waals surface area contributed by atoms with Gasteiger partial charge in [-0.15, -0.1) is 0 Å². The van der Waals surface area contributed by atoms with Crippen LogP contribution >= 0.6 is 0 Å². The van der Waals surface area contributed by atoms with Crippen molar-refractivity contribution in [2.45, 2.75) is 77.2 Å². The topological polar surface area (TPSA) is 162 Å². The van der Waals surface area contributed by atoms with Gasteiger partial charge in [-0.05, 0) is 39.0 Å². The van der Waals surface area contributed by atoms with Crippen LogP contribution in [0, 0.1) is 5.92 Å². The SMILES string of the molecule is CC(C)CC(NC(=O)C(C)NC(=O)C(N)C(C)O)C(=O)N1CCCC1C(=O)O. The quantitative estimate of drug-likeness (QED) is 0.325. The predicted octanol–water partition coefficient (Wildman–Crippen LogP) is -1.19. The highest BCUT2D eigenvalue weighted by molar-refractivity contribution is 5.94. The van der Waals surface area contributed by atoms with Gasteiger partial charge < -0.3 is 31.5 Å². The zero-order valence-electron chi connectivity index (χ0n) is 16.8. The van der Waals surface area contributed by atoms with E-state index in [-0.39, 0.29) is 5.92 Å². The first-order chi connectivity index (χ1) is 13.0. The number of likely N-dealkylation sites (tertiary alicyclic amines) is 1. The van der Waals surface area contributed by atoms with Gasteiger partial charge in [0.25, 0.3) is 0 Å². The highest BCUT2D eigenvalue weighted by Crippen LogP contribution is 2.20. The van der Waals surface area contributed by atoms with Crippen LogP contribution in [0.4, 0.5) is 0 Å². The van der Waals surface area contributed by atoms with E-state index < -0.39 is 54.0 Å². The Morgan fingerprint density at radius 1 is 1.11 bits per heavy atom. The molecule has 0 aliphatic carbocycles. The third-order valence-electron chi connectivity index (χ3n) is 4.72. The second kappa shape index (κ2) is 10.4. The van der Waals surface area contributed by atoms with Crippen LogP contribution in [0.5, 0.6) is 0 Å². The summed E-state index contributed by atoms with van der Waals surface area (Å²) >= 11 is 0. The molecule has 1 rings (SSSR count). The van der Waals surface area contributed by atoms with Crippen LogP contribution in [-0.2, 0) is 19.2 Å². The molecule has 5 unspecified atom stereocenters. The lowest BCUT2D eigenvalue weighted by molar-refractivity contribution is -0.149. The maximum atomic E-state index is 12.9.